The van der Waals surface area contributed by atoms with Gasteiger partial charge in [-0.15, -0.1) is 11.8 Å². The van der Waals surface area contributed by atoms with E-state index in [0.717, 1.165) is 17.4 Å². The first-order valence-corrected chi connectivity index (χ1v) is 9.66. The highest BCUT2D eigenvalue weighted by Gasteiger charge is 2.52. The number of hydrogen-bond donors (Lipinski definition) is 0. The molecule has 2 atom stereocenters. The number of aryl methyl sites for hydroxylation is 1. The maximum absolute atomic E-state index is 12.3. The molecule has 0 radical (unpaired) electrons. The molecule has 1 fully saturated rings. The summed E-state index contributed by atoms with van der Waals surface area (Å²) in [5, 5.41) is 11.0. The number of imidazole rings is 1. The average molecular weight is 421 g/mol. The van der Waals surface area contributed by atoms with Crippen LogP contribution in [0.5, 0.6) is 0 Å². The van der Waals surface area contributed by atoms with Gasteiger partial charge in [-0.05, 0) is 6.08 Å². The second-order valence-electron chi connectivity index (χ2n) is 6.75. The summed E-state index contributed by atoms with van der Waals surface area (Å²) in [6, 6.07) is 1.91. The third kappa shape index (κ3) is 4.40. The smallest absolute Gasteiger partial charge is 0.240 e. The Hall–Kier alpha value is -2.92. The Morgan fingerprint density at radius 1 is 1.48 bits per heavy atom. The molecule has 156 valence electrons. The SMILES string of the molecule is CN(C)C=O.Cn1cnc2cc[n+](CC3C(=O)N4C(C(=O)[O-])=CCS[C@@H]34)cc21.O. The third-order valence-corrected chi connectivity index (χ3v) is 5.75. The Morgan fingerprint density at radius 2 is 2.17 bits per heavy atom. The number of nitrogens with zero attached hydrogens (tertiary/aromatic N) is 5. The molecule has 2 aliphatic heterocycles. The molecule has 1 saturated heterocycles. The average Bonchev–Trinajstić information content (AvgIpc) is 3.06. The summed E-state index contributed by atoms with van der Waals surface area (Å²) >= 11 is 1.58. The fourth-order valence-electron chi connectivity index (χ4n) is 3.09. The third-order valence-electron chi connectivity index (χ3n) is 4.51. The van der Waals surface area contributed by atoms with Crippen molar-refractivity contribution in [1.82, 2.24) is 19.4 Å². The molecule has 4 heterocycles. The molecule has 2 N–H and O–H groups in total. The van der Waals surface area contributed by atoms with Crippen LogP contribution in [0.2, 0.25) is 0 Å². The monoisotopic (exact) mass is 421 g/mol. The number of carboxylic acids is 1. The maximum atomic E-state index is 12.3. The van der Waals surface area contributed by atoms with Gasteiger partial charge in [0, 0.05) is 33.0 Å². The molecule has 29 heavy (non-hydrogen) atoms. The Morgan fingerprint density at radius 3 is 2.79 bits per heavy atom. The zero-order valence-electron chi connectivity index (χ0n) is 16.3. The van der Waals surface area contributed by atoms with Crippen molar-refractivity contribution in [1.29, 1.82) is 0 Å². The second kappa shape index (κ2) is 9.05. The molecule has 2 aromatic rings. The lowest BCUT2D eigenvalue weighted by Crippen LogP contribution is -2.65. The number of pyridine rings is 1. The van der Waals surface area contributed by atoms with Crippen molar-refractivity contribution in [2.24, 2.45) is 13.0 Å². The molecule has 0 saturated carbocycles. The van der Waals surface area contributed by atoms with Crippen molar-refractivity contribution in [3.8, 4) is 0 Å². The molecule has 2 aromatic heterocycles. The fraction of sp³-hybridized carbons (Fsp3) is 0.389. The molecular weight excluding hydrogens is 398 g/mol. The van der Waals surface area contributed by atoms with Crippen LogP contribution in [-0.2, 0) is 28.0 Å². The molecule has 10 nitrogen and oxygen atoms in total. The number of thioether (sulfide) groups is 1. The largest absolute Gasteiger partial charge is 0.543 e. The first-order valence-electron chi connectivity index (χ1n) is 8.61. The van der Waals surface area contributed by atoms with Crippen molar-refractivity contribution < 1.29 is 29.5 Å². The van der Waals surface area contributed by atoms with Gasteiger partial charge in [-0.2, -0.15) is 0 Å². The zero-order valence-corrected chi connectivity index (χ0v) is 17.1. The molecule has 2 amide bonds. The lowest BCUT2D eigenvalue weighted by atomic mass is 9.96. The number of aromatic nitrogens is 3. The van der Waals surface area contributed by atoms with Crippen LogP contribution in [0.25, 0.3) is 11.0 Å². The van der Waals surface area contributed by atoms with E-state index in [4.69, 9.17) is 0 Å². The van der Waals surface area contributed by atoms with Gasteiger partial charge in [0.25, 0.3) is 0 Å². The predicted octanol–water partition coefficient (Wildman–Crippen LogP) is -2.09. The van der Waals surface area contributed by atoms with Gasteiger partial charge in [-0.1, -0.05) is 0 Å². The minimum atomic E-state index is -1.29. The van der Waals surface area contributed by atoms with Crippen LogP contribution in [0.3, 0.4) is 0 Å². The van der Waals surface area contributed by atoms with Crippen LogP contribution in [0.15, 0.2) is 36.6 Å². The maximum Gasteiger partial charge on any atom is 0.240 e. The second-order valence-corrected chi connectivity index (χ2v) is 7.90. The minimum absolute atomic E-state index is 0. The topological polar surface area (TPSA) is 134 Å². The van der Waals surface area contributed by atoms with E-state index in [2.05, 4.69) is 4.98 Å². The van der Waals surface area contributed by atoms with Crippen LogP contribution in [-0.4, -0.2) is 68.3 Å². The van der Waals surface area contributed by atoms with E-state index < -0.39 is 5.97 Å². The molecule has 4 rings (SSSR count). The number of aliphatic carboxylic acids is 1. The summed E-state index contributed by atoms with van der Waals surface area (Å²) in [5.74, 6) is -1.08. The van der Waals surface area contributed by atoms with Crippen molar-refractivity contribution in [3.05, 3.63) is 36.6 Å². The Balaban J connectivity index is 0.000000450. The van der Waals surface area contributed by atoms with Gasteiger partial charge in [0.1, 0.15) is 22.3 Å². The van der Waals surface area contributed by atoms with Gasteiger partial charge in [-0.25, -0.2) is 9.55 Å². The summed E-state index contributed by atoms with van der Waals surface area (Å²) in [4.78, 5) is 39.9. The van der Waals surface area contributed by atoms with Crippen LogP contribution in [0, 0.1) is 5.92 Å². The number of hydrogen-bond acceptors (Lipinski definition) is 6. The van der Waals surface area contributed by atoms with E-state index in [1.165, 1.54) is 9.80 Å². The summed E-state index contributed by atoms with van der Waals surface area (Å²) in [5.41, 5.74) is 1.89. The zero-order chi connectivity index (χ0) is 20.4. The van der Waals surface area contributed by atoms with E-state index in [9.17, 15) is 19.5 Å². The first-order chi connectivity index (χ1) is 13.3. The molecule has 2 aliphatic rings. The summed E-state index contributed by atoms with van der Waals surface area (Å²) < 4.78 is 3.88. The Labute approximate surface area is 171 Å². The van der Waals surface area contributed by atoms with E-state index in [1.807, 2.05) is 34.6 Å². The summed E-state index contributed by atoms with van der Waals surface area (Å²) in [7, 11) is 5.30. The number of carboxylic acid groups (broad SMARTS) is 1. The van der Waals surface area contributed by atoms with Gasteiger partial charge in [0.05, 0.1) is 18.0 Å². The van der Waals surface area contributed by atoms with Gasteiger partial charge in [0.15, 0.2) is 18.9 Å². The van der Waals surface area contributed by atoms with Crippen LogP contribution < -0.4 is 9.67 Å². The van der Waals surface area contributed by atoms with Crippen LogP contribution >= 0.6 is 11.8 Å². The number of carbonyl (C=O) groups is 3. The minimum Gasteiger partial charge on any atom is -0.543 e. The molecule has 0 aromatic carbocycles. The van der Waals surface area contributed by atoms with Crippen molar-refractivity contribution in [2.75, 3.05) is 19.8 Å². The van der Waals surface area contributed by atoms with Crippen molar-refractivity contribution in [3.63, 3.8) is 0 Å². The highest BCUT2D eigenvalue weighted by molar-refractivity contribution is 8.00. The molecule has 0 aliphatic carbocycles. The lowest BCUT2D eigenvalue weighted by molar-refractivity contribution is -0.701. The van der Waals surface area contributed by atoms with Gasteiger partial charge >= 0.3 is 0 Å². The number of β-lactam (4-membered cyclic amide) rings is 1. The van der Waals surface area contributed by atoms with E-state index in [1.54, 1.807) is 38.3 Å². The number of amides is 2. The normalized spacial score (nSPS) is 19.8. The Kier molecular flexibility index (Phi) is 6.98. The van der Waals surface area contributed by atoms with Crippen molar-refractivity contribution in [2.45, 2.75) is 11.9 Å². The summed E-state index contributed by atoms with van der Waals surface area (Å²) in [6.45, 7) is 0.522. The number of carbonyl (C=O) groups excluding carboxylic acids is 3. The van der Waals surface area contributed by atoms with Crippen molar-refractivity contribution >= 4 is 41.1 Å². The van der Waals surface area contributed by atoms with E-state index >= 15 is 0 Å². The predicted molar refractivity (Wildman–Crippen MR) is 104 cm³/mol. The van der Waals surface area contributed by atoms with Crippen LogP contribution in [0.4, 0.5) is 0 Å². The summed E-state index contributed by atoms with van der Waals surface area (Å²) in [6.07, 6.45) is 7.90. The van der Waals surface area contributed by atoms with Crippen LogP contribution in [0.1, 0.15) is 0 Å². The number of fused-ring (bicyclic) bond motifs is 2. The quantitative estimate of drug-likeness (QED) is 0.316. The molecular formula is C18H23N5O5S. The molecule has 0 bridgehead atoms. The fourth-order valence-corrected chi connectivity index (χ4v) is 4.35. The standard InChI is InChI=1S/C15H14N4O3S.C3H7NO.H2O/c1-17-8-16-10-2-4-18(7-12(10)17)6-9-13(20)19-11(15(21)22)3-5-23-14(9)19;1-4(2)3-5;/h2-4,7-9,14H,5-6H2,1H3;3H,1-2H3;1H2/t9?,14-;;/m0../s1. The lowest BCUT2D eigenvalue weighted by Gasteiger charge is -2.48. The molecule has 11 heteroatoms. The Bertz CT molecular complexity index is 957. The highest BCUT2D eigenvalue weighted by Crippen LogP contribution is 2.41. The highest BCUT2D eigenvalue weighted by atomic mass is 32.2. The van der Waals surface area contributed by atoms with Gasteiger partial charge < -0.3 is 24.8 Å². The molecule has 1 unspecified atom stereocenters. The van der Waals surface area contributed by atoms with Gasteiger partial charge in [-0.3, -0.25) is 14.5 Å². The molecule has 0 spiro atoms. The van der Waals surface area contributed by atoms with E-state index in [0.29, 0.717) is 12.3 Å². The van der Waals surface area contributed by atoms with E-state index in [-0.39, 0.29) is 28.4 Å². The number of rotatable bonds is 4. The first kappa shape index (κ1) is 22.4. The van der Waals surface area contributed by atoms with Gasteiger partial charge in [0.2, 0.25) is 12.3 Å².